The third-order valence-electron chi connectivity index (χ3n) is 3.30. The minimum absolute atomic E-state index is 0.127. The first-order chi connectivity index (χ1) is 11.6. The van der Waals surface area contributed by atoms with Gasteiger partial charge in [0.1, 0.15) is 6.61 Å². The van der Waals surface area contributed by atoms with Gasteiger partial charge in [-0.3, -0.25) is 0 Å². The van der Waals surface area contributed by atoms with Crippen molar-refractivity contribution < 1.29 is 31.1 Å². The first-order valence-corrected chi connectivity index (χ1v) is 9.21. The highest BCUT2D eigenvalue weighted by molar-refractivity contribution is 7.89. The van der Waals surface area contributed by atoms with Crippen LogP contribution in [0.3, 0.4) is 0 Å². The summed E-state index contributed by atoms with van der Waals surface area (Å²) < 4.78 is 66.0. The van der Waals surface area contributed by atoms with Crippen LogP contribution in [0.25, 0.3) is 0 Å². The molecule has 0 aliphatic carbocycles. The number of hydrogen-bond acceptors (Lipinski definition) is 4. The van der Waals surface area contributed by atoms with E-state index in [9.17, 15) is 26.4 Å². The molecule has 0 N–H and O–H groups in total. The van der Waals surface area contributed by atoms with Crippen LogP contribution in [0.2, 0.25) is 0 Å². The molecule has 0 aliphatic heterocycles. The number of alkyl halides is 3. The Bertz CT molecular complexity index is 856. The molecule has 0 saturated carbocycles. The van der Waals surface area contributed by atoms with Crippen molar-refractivity contribution in [3.8, 4) is 0 Å². The molecule has 0 amide bonds. The number of hydrogen-bond donors (Lipinski definition) is 0. The van der Waals surface area contributed by atoms with Crippen LogP contribution in [-0.4, -0.2) is 20.6 Å². The van der Waals surface area contributed by atoms with Crippen molar-refractivity contribution in [3.05, 3.63) is 70.8 Å². The van der Waals surface area contributed by atoms with Crippen LogP contribution < -0.4 is 0 Å². The Labute approximate surface area is 143 Å². The molecule has 0 fully saturated rings. The Morgan fingerprint density at radius 3 is 2.20 bits per heavy atom. The largest absolute Gasteiger partial charge is 0.457 e. The number of ether oxygens (including phenoxy) is 1. The molecule has 4 nitrogen and oxygen atoms in total. The predicted molar refractivity (Wildman–Crippen MR) is 85.6 cm³/mol. The second kappa shape index (κ2) is 7.26. The lowest BCUT2D eigenvalue weighted by Gasteiger charge is -2.13. The van der Waals surface area contributed by atoms with Crippen LogP contribution >= 0.6 is 0 Å². The van der Waals surface area contributed by atoms with Crippen LogP contribution in [0.15, 0.2) is 48.5 Å². The van der Waals surface area contributed by atoms with Gasteiger partial charge in [-0.05, 0) is 23.8 Å². The zero-order valence-electron chi connectivity index (χ0n) is 13.2. The van der Waals surface area contributed by atoms with Gasteiger partial charge in [0.25, 0.3) is 0 Å². The summed E-state index contributed by atoms with van der Waals surface area (Å²) >= 11 is 0. The van der Waals surface area contributed by atoms with Crippen LogP contribution in [0.1, 0.15) is 27.0 Å². The Hall–Kier alpha value is -2.35. The van der Waals surface area contributed by atoms with E-state index in [1.165, 1.54) is 42.5 Å². The molecule has 0 atom stereocenters. The minimum atomic E-state index is -4.53. The van der Waals surface area contributed by atoms with Crippen molar-refractivity contribution in [3.63, 3.8) is 0 Å². The van der Waals surface area contributed by atoms with Crippen molar-refractivity contribution in [2.24, 2.45) is 0 Å². The number of rotatable bonds is 5. The lowest BCUT2D eigenvalue weighted by atomic mass is 10.1. The fraction of sp³-hybridized carbons (Fsp3) is 0.235. The molecule has 2 aromatic rings. The summed E-state index contributed by atoms with van der Waals surface area (Å²) in [6, 6.07) is 10.5. The number of carbonyl (C=O) groups is 1. The fourth-order valence-electron chi connectivity index (χ4n) is 2.19. The van der Waals surface area contributed by atoms with Gasteiger partial charge in [-0.15, -0.1) is 0 Å². The summed E-state index contributed by atoms with van der Waals surface area (Å²) in [5.74, 6) is -0.954. The lowest BCUT2D eigenvalue weighted by Crippen LogP contribution is -2.12. The summed E-state index contributed by atoms with van der Waals surface area (Å²) in [4.78, 5) is 12.0. The lowest BCUT2D eigenvalue weighted by molar-refractivity contribution is -0.138. The molecule has 0 aliphatic rings. The maximum absolute atomic E-state index is 12.9. The predicted octanol–water partition coefficient (Wildman–Crippen LogP) is 3.61. The molecule has 0 spiro atoms. The van der Waals surface area contributed by atoms with Gasteiger partial charge in [0.15, 0.2) is 9.84 Å². The Kier molecular flexibility index (Phi) is 5.52. The van der Waals surface area contributed by atoms with Gasteiger partial charge >= 0.3 is 12.1 Å². The molecule has 25 heavy (non-hydrogen) atoms. The van der Waals surface area contributed by atoms with E-state index >= 15 is 0 Å². The normalized spacial score (nSPS) is 12.0. The molecule has 0 bridgehead atoms. The number of benzene rings is 2. The van der Waals surface area contributed by atoms with Gasteiger partial charge < -0.3 is 4.74 Å². The van der Waals surface area contributed by atoms with Gasteiger partial charge in [-0.25, -0.2) is 13.2 Å². The van der Waals surface area contributed by atoms with E-state index in [2.05, 4.69) is 0 Å². The van der Waals surface area contributed by atoms with Crippen molar-refractivity contribution in [2.75, 3.05) is 6.26 Å². The zero-order chi connectivity index (χ0) is 18.7. The molecular weight excluding hydrogens is 357 g/mol. The molecule has 0 aromatic heterocycles. The van der Waals surface area contributed by atoms with E-state index in [0.717, 1.165) is 12.3 Å². The first-order valence-electron chi connectivity index (χ1n) is 7.15. The maximum Gasteiger partial charge on any atom is 0.416 e. The van der Waals surface area contributed by atoms with Gasteiger partial charge in [-0.1, -0.05) is 30.3 Å². The average Bonchev–Trinajstić information content (AvgIpc) is 2.51. The molecule has 0 unspecified atom stereocenters. The molecular formula is C17H15F3O4S. The molecule has 0 heterocycles. The molecule has 8 heteroatoms. The maximum atomic E-state index is 12.9. The van der Waals surface area contributed by atoms with E-state index in [-0.39, 0.29) is 16.9 Å². The third kappa shape index (κ3) is 5.60. The second-order valence-corrected chi connectivity index (χ2v) is 7.64. The van der Waals surface area contributed by atoms with Crippen molar-refractivity contribution in [1.29, 1.82) is 0 Å². The SMILES string of the molecule is CS(=O)(=O)Cc1ccc(C(=O)OCc2ccccc2C(F)(F)F)cc1. The third-order valence-corrected chi connectivity index (χ3v) is 4.16. The highest BCUT2D eigenvalue weighted by Crippen LogP contribution is 2.32. The van der Waals surface area contributed by atoms with E-state index in [4.69, 9.17) is 4.74 Å². The summed E-state index contributed by atoms with van der Waals surface area (Å²) in [5.41, 5.74) is -0.369. The highest BCUT2D eigenvalue weighted by atomic mass is 32.2. The second-order valence-electron chi connectivity index (χ2n) is 5.50. The molecule has 2 aromatic carbocycles. The summed E-state index contributed by atoms with van der Waals surface area (Å²) in [6.45, 7) is -0.514. The smallest absolute Gasteiger partial charge is 0.416 e. The molecule has 2 rings (SSSR count). The van der Waals surface area contributed by atoms with Gasteiger partial charge in [-0.2, -0.15) is 13.2 Å². The molecule has 0 saturated heterocycles. The van der Waals surface area contributed by atoms with Crippen molar-refractivity contribution in [2.45, 2.75) is 18.5 Å². The van der Waals surface area contributed by atoms with E-state index in [1.807, 2.05) is 0 Å². The number of halogens is 3. The van der Waals surface area contributed by atoms with E-state index < -0.39 is 34.2 Å². The quantitative estimate of drug-likeness (QED) is 0.753. The van der Waals surface area contributed by atoms with Crippen molar-refractivity contribution >= 4 is 15.8 Å². The average molecular weight is 372 g/mol. The van der Waals surface area contributed by atoms with Gasteiger partial charge in [0.2, 0.25) is 0 Å². The van der Waals surface area contributed by atoms with Crippen molar-refractivity contribution in [1.82, 2.24) is 0 Å². The minimum Gasteiger partial charge on any atom is -0.457 e. The number of esters is 1. The Morgan fingerprint density at radius 1 is 1.04 bits per heavy atom. The Balaban J connectivity index is 2.06. The number of sulfone groups is 1. The van der Waals surface area contributed by atoms with Crippen LogP contribution in [0.4, 0.5) is 13.2 Å². The van der Waals surface area contributed by atoms with Crippen LogP contribution in [-0.2, 0) is 33.1 Å². The van der Waals surface area contributed by atoms with E-state index in [0.29, 0.717) is 5.56 Å². The highest BCUT2D eigenvalue weighted by Gasteiger charge is 2.33. The van der Waals surface area contributed by atoms with Crippen LogP contribution in [0, 0.1) is 0 Å². The topological polar surface area (TPSA) is 60.4 Å². The zero-order valence-corrected chi connectivity index (χ0v) is 14.0. The monoisotopic (exact) mass is 372 g/mol. The standard InChI is InChI=1S/C17H15F3O4S/c1-25(22,23)11-12-6-8-13(9-7-12)16(21)24-10-14-4-2-3-5-15(14)17(18,19)20/h2-9H,10-11H2,1H3. The summed E-state index contributed by atoms with van der Waals surface area (Å²) in [5, 5.41) is 0. The number of carbonyl (C=O) groups excluding carboxylic acids is 1. The first kappa shape index (κ1) is 19.0. The fourth-order valence-corrected chi connectivity index (χ4v) is 2.99. The Morgan fingerprint density at radius 2 is 1.64 bits per heavy atom. The van der Waals surface area contributed by atoms with Gasteiger partial charge in [0, 0.05) is 11.8 Å². The summed E-state index contributed by atoms with van der Waals surface area (Å²) in [6.07, 6.45) is -3.44. The van der Waals surface area contributed by atoms with Gasteiger partial charge in [0.05, 0.1) is 16.9 Å². The van der Waals surface area contributed by atoms with Crippen LogP contribution in [0.5, 0.6) is 0 Å². The molecule has 134 valence electrons. The van der Waals surface area contributed by atoms with E-state index in [1.54, 1.807) is 0 Å². The summed E-state index contributed by atoms with van der Waals surface area (Å²) in [7, 11) is -3.20. The molecule has 0 radical (unpaired) electrons.